The molecule has 0 saturated carbocycles. The average Bonchev–Trinajstić information content (AvgIpc) is 3.08. The normalized spacial score (nSPS) is 12.2. The zero-order valence-corrected chi connectivity index (χ0v) is 16.8. The molecule has 26 heavy (non-hydrogen) atoms. The first-order valence-corrected chi connectivity index (χ1v) is 9.94. The van der Waals surface area contributed by atoms with E-state index in [-0.39, 0.29) is 11.9 Å². The van der Waals surface area contributed by atoms with Crippen LogP contribution in [0.25, 0.3) is 5.69 Å². The van der Waals surface area contributed by atoms with Crippen LogP contribution in [-0.2, 0) is 4.79 Å². The predicted octanol–water partition coefficient (Wildman–Crippen LogP) is 3.70. The number of aromatic nitrogens is 3. The smallest absolute Gasteiger partial charge is 0.230 e. The average molecular weight is 377 g/mol. The molecule has 0 aliphatic rings. The maximum Gasteiger partial charge on any atom is 0.230 e. The first-order chi connectivity index (χ1) is 12.5. The van der Waals surface area contributed by atoms with Gasteiger partial charge in [0.05, 0.1) is 12.9 Å². The van der Waals surface area contributed by atoms with Crippen LogP contribution in [0.3, 0.4) is 0 Å². The minimum absolute atomic E-state index is 0.0244. The molecule has 2 rings (SSSR count). The molecule has 1 N–H and O–H groups in total. The molecule has 2 aromatic rings. The van der Waals surface area contributed by atoms with Crippen molar-refractivity contribution in [3.05, 3.63) is 30.6 Å². The highest BCUT2D eigenvalue weighted by Gasteiger charge is 2.12. The molecule has 1 unspecified atom stereocenters. The number of ether oxygens (including phenoxy) is 1. The van der Waals surface area contributed by atoms with Gasteiger partial charge in [-0.1, -0.05) is 38.5 Å². The summed E-state index contributed by atoms with van der Waals surface area (Å²) < 4.78 is 7.04. The van der Waals surface area contributed by atoms with Crippen LogP contribution < -0.4 is 10.1 Å². The molecular weight excluding hydrogens is 348 g/mol. The summed E-state index contributed by atoms with van der Waals surface area (Å²) in [5.41, 5.74) is 0.931. The number of thioether (sulfide) groups is 1. The van der Waals surface area contributed by atoms with Crippen molar-refractivity contribution >= 4 is 17.7 Å². The van der Waals surface area contributed by atoms with E-state index in [1.54, 1.807) is 13.4 Å². The van der Waals surface area contributed by atoms with Gasteiger partial charge in [0, 0.05) is 11.7 Å². The molecule has 1 aromatic carbocycles. The van der Waals surface area contributed by atoms with Gasteiger partial charge in [0.25, 0.3) is 0 Å². The van der Waals surface area contributed by atoms with Crippen molar-refractivity contribution in [2.45, 2.75) is 51.2 Å². The highest BCUT2D eigenvalue weighted by atomic mass is 32.2. The second-order valence-corrected chi connectivity index (χ2v) is 7.71. The summed E-state index contributed by atoms with van der Waals surface area (Å²) in [5, 5.41) is 11.8. The Morgan fingerprint density at radius 3 is 2.62 bits per heavy atom. The van der Waals surface area contributed by atoms with Crippen LogP contribution in [0.4, 0.5) is 0 Å². The number of methoxy groups -OCH3 is 1. The summed E-state index contributed by atoms with van der Waals surface area (Å²) in [7, 11) is 1.64. The zero-order chi connectivity index (χ0) is 18.9. The van der Waals surface area contributed by atoms with E-state index in [2.05, 4.69) is 36.3 Å². The van der Waals surface area contributed by atoms with Crippen molar-refractivity contribution in [2.75, 3.05) is 12.9 Å². The van der Waals surface area contributed by atoms with Crippen molar-refractivity contribution < 1.29 is 9.53 Å². The molecule has 142 valence electrons. The molecule has 0 aliphatic heterocycles. The van der Waals surface area contributed by atoms with E-state index in [1.165, 1.54) is 18.2 Å². The lowest BCUT2D eigenvalue weighted by atomic mass is 10.0. The third-order valence-corrected chi connectivity index (χ3v) is 4.97. The molecule has 0 aliphatic carbocycles. The summed E-state index contributed by atoms with van der Waals surface area (Å²) in [5.74, 6) is 1.85. The van der Waals surface area contributed by atoms with Crippen LogP contribution in [0.5, 0.6) is 5.75 Å². The number of carbonyl (C=O) groups excluding carboxylic acids is 1. The predicted molar refractivity (Wildman–Crippen MR) is 105 cm³/mol. The van der Waals surface area contributed by atoms with E-state index in [0.29, 0.717) is 16.8 Å². The quantitative estimate of drug-likeness (QED) is 0.640. The van der Waals surface area contributed by atoms with Crippen molar-refractivity contribution in [3.8, 4) is 11.4 Å². The van der Waals surface area contributed by atoms with E-state index in [0.717, 1.165) is 24.3 Å². The Bertz CT molecular complexity index is 685. The zero-order valence-electron chi connectivity index (χ0n) is 15.9. The van der Waals surface area contributed by atoms with Gasteiger partial charge < -0.3 is 10.1 Å². The Labute approximate surface area is 159 Å². The summed E-state index contributed by atoms with van der Waals surface area (Å²) >= 11 is 1.38. The van der Waals surface area contributed by atoms with Gasteiger partial charge in [-0.3, -0.25) is 9.36 Å². The van der Waals surface area contributed by atoms with Crippen LogP contribution >= 0.6 is 11.8 Å². The molecule has 0 spiro atoms. The van der Waals surface area contributed by atoms with Gasteiger partial charge in [-0.2, -0.15) is 0 Å². The molecule has 1 heterocycles. The van der Waals surface area contributed by atoms with Gasteiger partial charge in [0.1, 0.15) is 12.1 Å². The maximum atomic E-state index is 12.2. The lowest BCUT2D eigenvalue weighted by Gasteiger charge is -2.14. The summed E-state index contributed by atoms with van der Waals surface area (Å²) in [6.45, 7) is 6.50. The van der Waals surface area contributed by atoms with E-state index >= 15 is 0 Å². The topological polar surface area (TPSA) is 69.0 Å². The number of benzene rings is 1. The molecule has 6 nitrogen and oxygen atoms in total. The van der Waals surface area contributed by atoms with Crippen LogP contribution in [0.15, 0.2) is 35.7 Å². The summed E-state index contributed by atoms with van der Waals surface area (Å²) in [4.78, 5) is 12.2. The van der Waals surface area contributed by atoms with Crippen molar-refractivity contribution in [1.29, 1.82) is 0 Å². The van der Waals surface area contributed by atoms with E-state index in [9.17, 15) is 4.79 Å². The van der Waals surface area contributed by atoms with Crippen molar-refractivity contribution in [3.63, 3.8) is 0 Å². The van der Waals surface area contributed by atoms with Gasteiger partial charge in [-0.15, -0.1) is 10.2 Å². The lowest BCUT2D eigenvalue weighted by molar-refractivity contribution is -0.119. The van der Waals surface area contributed by atoms with Gasteiger partial charge >= 0.3 is 0 Å². The number of amides is 1. The molecule has 1 amide bonds. The Balaban J connectivity index is 1.84. The molecule has 0 bridgehead atoms. The maximum absolute atomic E-state index is 12.2. The highest BCUT2D eigenvalue weighted by Crippen LogP contribution is 2.21. The molecule has 7 heteroatoms. The van der Waals surface area contributed by atoms with Gasteiger partial charge in [0.15, 0.2) is 5.16 Å². The monoisotopic (exact) mass is 376 g/mol. The fourth-order valence-corrected chi connectivity index (χ4v) is 3.33. The Morgan fingerprint density at radius 1 is 1.23 bits per heavy atom. The van der Waals surface area contributed by atoms with Crippen molar-refractivity contribution in [1.82, 2.24) is 20.1 Å². The molecule has 0 fully saturated rings. The number of hydrogen-bond acceptors (Lipinski definition) is 5. The van der Waals surface area contributed by atoms with Crippen LogP contribution in [0.2, 0.25) is 0 Å². The number of nitrogens with zero attached hydrogens (tertiary/aromatic N) is 3. The first kappa shape index (κ1) is 20.3. The van der Waals surface area contributed by atoms with Crippen molar-refractivity contribution in [2.24, 2.45) is 5.92 Å². The summed E-state index contributed by atoms with van der Waals surface area (Å²) in [6, 6.07) is 7.83. The van der Waals surface area contributed by atoms with Gasteiger partial charge in [-0.05, 0) is 43.5 Å². The Morgan fingerprint density at radius 2 is 1.96 bits per heavy atom. The number of rotatable bonds is 10. The van der Waals surface area contributed by atoms with Crippen LogP contribution in [0, 0.1) is 5.92 Å². The van der Waals surface area contributed by atoms with Gasteiger partial charge in [-0.25, -0.2) is 0 Å². The van der Waals surface area contributed by atoms with E-state index in [1.807, 2.05) is 28.8 Å². The standard InChI is InChI=1S/C19H28N4O2S/c1-14(2)6-5-7-15(3)21-18(24)12-26-19-22-20-13-23(19)16-8-10-17(25-4)11-9-16/h8-11,13-15H,5-7,12H2,1-4H3,(H,21,24). The van der Waals surface area contributed by atoms with Gasteiger partial charge in [0.2, 0.25) is 5.91 Å². The molecular formula is C19H28N4O2S. The lowest BCUT2D eigenvalue weighted by Crippen LogP contribution is -2.33. The second-order valence-electron chi connectivity index (χ2n) is 6.76. The minimum atomic E-state index is 0.0244. The SMILES string of the molecule is COc1ccc(-n2cnnc2SCC(=O)NC(C)CCCC(C)C)cc1. The number of carbonyl (C=O) groups is 1. The summed E-state index contributed by atoms with van der Waals surface area (Å²) in [6.07, 6.45) is 4.99. The molecule has 0 saturated heterocycles. The van der Waals surface area contributed by atoms with E-state index in [4.69, 9.17) is 4.74 Å². The molecule has 0 radical (unpaired) electrons. The molecule has 1 atom stereocenters. The molecule has 1 aromatic heterocycles. The Kier molecular flexibility index (Phi) is 7.97. The number of nitrogens with one attached hydrogen (secondary N) is 1. The third kappa shape index (κ3) is 6.37. The third-order valence-electron chi connectivity index (χ3n) is 4.03. The largest absolute Gasteiger partial charge is 0.497 e. The minimum Gasteiger partial charge on any atom is -0.497 e. The fourth-order valence-electron chi connectivity index (χ4n) is 2.59. The highest BCUT2D eigenvalue weighted by molar-refractivity contribution is 7.99. The second kappa shape index (κ2) is 10.2. The van der Waals surface area contributed by atoms with E-state index < -0.39 is 0 Å². The fraction of sp³-hybridized carbons (Fsp3) is 0.526. The Hall–Kier alpha value is -2.02. The number of hydrogen-bond donors (Lipinski definition) is 1. The van der Waals surface area contributed by atoms with Crippen LogP contribution in [0.1, 0.15) is 40.0 Å². The first-order valence-electron chi connectivity index (χ1n) is 8.96. The van der Waals surface area contributed by atoms with Crippen LogP contribution in [-0.4, -0.2) is 39.6 Å².